The molecule has 3 fully saturated rings. The highest BCUT2D eigenvalue weighted by Crippen LogP contribution is 2.38. The molecule has 7 nitrogen and oxygen atoms in total. The number of aromatic nitrogens is 2. The molecule has 1 aliphatic carbocycles. The highest BCUT2D eigenvalue weighted by molar-refractivity contribution is 5.98. The van der Waals surface area contributed by atoms with Crippen LogP contribution in [0.15, 0.2) is 24.4 Å². The number of amides is 1. The first kappa shape index (κ1) is 21.2. The first-order chi connectivity index (χ1) is 15.5. The Hall–Kier alpha value is -2.70. The fraction of sp³-hybridized carbons (Fsp3) is 0.600. The minimum Gasteiger partial charge on any atom is -0.481 e. The Kier molecular flexibility index (Phi) is 5.74. The number of hydrogen-bond acceptors (Lipinski definition) is 5. The number of benzene rings is 1. The van der Waals surface area contributed by atoms with Crippen molar-refractivity contribution >= 4 is 28.7 Å². The predicted molar refractivity (Wildman–Crippen MR) is 123 cm³/mol. The number of anilines is 1. The van der Waals surface area contributed by atoms with Crippen LogP contribution in [0.25, 0.3) is 10.9 Å². The minimum atomic E-state index is -0.732. The summed E-state index contributed by atoms with van der Waals surface area (Å²) >= 11 is 0. The molecule has 2 N–H and O–H groups in total. The fourth-order valence-electron chi connectivity index (χ4n) is 5.89. The molecule has 1 saturated carbocycles. The fourth-order valence-corrected chi connectivity index (χ4v) is 5.89. The van der Waals surface area contributed by atoms with E-state index in [1.54, 1.807) is 6.20 Å². The molecule has 7 heteroatoms. The molecule has 170 valence electrons. The molecule has 2 bridgehead atoms. The summed E-state index contributed by atoms with van der Waals surface area (Å²) in [5.41, 5.74) is 1.46. The average Bonchev–Trinajstić information content (AvgIpc) is 2.79. The zero-order valence-corrected chi connectivity index (χ0v) is 18.7. The van der Waals surface area contributed by atoms with E-state index < -0.39 is 5.97 Å². The van der Waals surface area contributed by atoms with E-state index in [1.807, 2.05) is 23.1 Å². The van der Waals surface area contributed by atoms with Gasteiger partial charge in [0.15, 0.2) is 0 Å². The molecule has 2 aliphatic heterocycles. The van der Waals surface area contributed by atoms with E-state index in [9.17, 15) is 14.7 Å². The number of carbonyl (C=O) groups is 2. The van der Waals surface area contributed by atoms with Crippen LogP contribution in [0.1, 0.15) is 75.1 Å². The summed E-state index contributed by atoms with van der Waals surface area (Å²) in [6.45, 7) is 2.31. The van der Waals surface area contributed by atoms with Crippen LogP contribution in [0.3, 0.4) is 0 Å². The van der Waals surface area contributed by atoms with Crippen LogP contribution in [0, 0.1) is 11.8 Å². The largest absolute Gasteiger partial charge is 0.481 e. The lowest BCUT2D eigenvalue weighted by Crippen LogP contribution is -2.55. The molecule has 0 spiro atoms. The lowest BCUT2D eigenvalue weighted by molar-refractivity contribution is -0.145. The van der Waals surface area contributed by atoms with E-state index in [0.717, 1.165) is 48.9 Å². The van der Waals surface area contributed by atoms with E-state index in [4.69, 9.17) is 0 Å². The first-order valence-corrected chi connectivity index (χ1v) is 12.1. The summed E-state index contributed by atoms with van der Waals surface area (Å²) in [6, 6.07) is 6.10. The molecular formula is C25H32N4O3. The van der Waals surface area contributed by atoms with Gasteiger partial charge in [-0.15, -0.1) is 0 Å². The summed E-state index contributed by atoms with van der Waals surface area (Å²) in [5, 5.41) is 13.8. The summed E-state index contributed by atoms with van der Waals surface area (Å²) < 4.78 is 0. The number of carboxylic acids is 1. The van der Waals surface area contributed by atoms with E-state index in [0.29, 0.717) is 30.4 Å². The van der Waals surface area contributed by atoms with Crippen LogP contribution in [-0.4, -0.2) is 50.0 Å². The molecule has 5 rings (SSSR count). The average molecular weight is 437 g/mol. The van der Waals surface area contributed by atoms with Crippen molar-refractivity contribution in [3.63, 3.8) is 0 Å². The molecule has 2 atom stereocenters. The van der Waals surface area contributed by atoms with Gasteiger partial charge in [-0.25, -0.2) is 9.97 Å². The van der Waals surface area contributed by atoms with Crippen LogP contribution in [0.2, 0.25) is 0 Å². The Labute approximate surface area is 188 Å². The van der Waals surface area contributed by atoms with Crippen LogP contribution in [0.4, 0.5) is 5.95 Å². The predicted octanol–water partition coefficient (Wildman–Crippen LogP) is 4.48. The Morgan fingerprint density at radius 2 is 1.78 bits per heavy atom. The first-order valence-electron chi connectivity index (χ1n) is 12.1. The van der Waals surface area contributed by atoms with Gasteiger partial charge in [-0.1, -0.05) is 6.92 Å². The Bertz CT molecular complexity index is 1000. The van der Waals surface area contributed by atoms with Crippen molar-refractivity contribution in [2.45, 2.75) is 82.8 Å². The molecule has 3 aliphatic rings. The van der Waals surface area contributed by atoms with Gasteiger partial charge >= 0.3 is 5.97 Å². The van der Waals surface area contributed by atoms with Crippen molar-refractivity contribution in [1.29, 1.82) is 0 Å². The van der Waals surface area contributed by atoms with Crippen molar-refractivity contribution in [2.75, 3.05) is 5.32 Å². The third-order valence-corrected chi connectivity index (χ3v) is 7.73. The van der Waals surface area contributed by atoms with Crippen molar-refractivity contribution in [3.8, 4) is 0 Å². The number of fused-ring (bicyclic) bond motifs is 3. The molecule has 3 heterocycles. The van der Waals surface area contributed by atoms with Gasteiger partial charge in [0.05, 0.1) is 11.4 Å². The number of nitrogens with one attached hydrogen (secondary N) is 1. The normalized spacial score (nSPS) is 30.2. The third kappa shape index (κ3) is 4.17. The van der Waals surface area contributed by atoms with Gasteiger partial charge in [0, 0.05) is 35.3 Å². The molecule has 32 heavy (non-hydrogen) atoms. The lowest BCUT2D eigenvalue weighted by atomic mass is 9.78. The monoisotopic (exact) mass is 436 g/mol. The maximum absolute atomic E-state index is 13.4. The highest BCUT2D eigenvalue weighted by Gasteiger charge is 2.43. The van der Waals surface area contributed by atoms with Crippen LogP contribution in [-0.2, 0) is 4.79 Å². The van der Waals surface area contributed by atoms with Gasteiger partial charge in [0.25, 0.3) is 5.91 Å². The van der Waals surface area contributed by atoms with Crippen molar-refractivity contribution in [1.82, 2.24) is 14.9 Å². The number of nitrogens with zero attached hydrogens (tertiary/aromatic N) is 3. The zero-order valence-electron chi connectivity index (χ0n) is 18.7. The smallest absolute Gasteiger partial charge is 0.306 e. The molecule has 1 amide bonds. The number of piperidine rings is 2. The van der Waals surface area contributed by atoms with Gasteiger partial charge in [-0.05, 0) is 81.9 Å². The second kappa shape index (κ2) is 8.68. The highest BCUT2D eigenvalue weighted by atomic mass is 16.4. The molecule has 2 aromatic rings. The quantitative estimate of drug-likeness (QED) is 0.734. The molecule has 1 aromatic carbocycles. The molecular weight excluding hydrogens is 404 g/mol. The summed E-state index contributed by atoms with van der Waals surface area (Å²) in [7, 11) is 0. The number of rotatable bonds is 4. The van der Waals surface area contributed by atoms with Crippen LogP contribution in [0.5, 0.6) is 0 Å². The van der Waals surface area contributed by atoms with Gasteiger partial charge in [0.2, 0.25) is 5.95 Å². The summed E-state index contributed by atoms with van der Waals surface area (Å²) in [4.78, 5) is 36.1. The number of aliphatic carboxylic acids is 1. The molecule has 0 radical (unpaired) electrons. The standard InChI is InChI=1S/C25H32N4O3/c1-15-5-8-19(9-6-15)27-25-26-14-18-11-16(7-10-22(18)28-25)23(30)29-20-3-2-4-21(29)13-17(12-20)24(31)32/h7,10-11,14-15,17,19-21H,2-6,8-9,12-13H2,1H3,(H,31,32)(H,26,27,28)/t15-,17?,19+,20?,21?. The zero-order chi connectivity index (χ0) is 22.2. The van der Waals surface area contributed by atoms with Gasteiger partial charge < -0.3 is 15.3 Å². The molecule has 2 saturated heterocycles. The van der Waals surface area contributed by atoms with Gasteiger partial charge in [-0.3, -0.25) is 9.59 Å². The second-order valence-electron chi connectivity index (χ2n) is 10.0. The molecule has 1 aromatic heterocycles. The number of hydrogen-bond donors (Lipinski definition) is 2. The maximum Gasteiger partial charge on any atom is 0.306 e. The maximum atomic E-state index is 13.4. The Balaban J connectivity index is 1.32. The van der Waals surface area contributed by atoms with Gasteiger partial charge in [0.1, 0.15) is 0 Å². The summed E-state index contributed by atoms with van der Waals surface area (Å²) in [6.07, 6.45) is 10.5. The molecule has 2 unspecified atom stereocenters. The van der Waals surface area contributed by atoms with Crippen LogP contribution < -0.4 is 5.32 Å². The van der Waals surface area contributed by atoms with Gasteiger partial charge in [-0.2, -0.15) is 0 Å². The van der Waals surface area contributed by atoms with E-state index in [2.05, 4.69) is 22.2 Å². The topological polar surface area (TPSA) is 95.4 Å². The number of carboxylic acid groups (broad SMARTS) is 1. The minimum absolute atomic E-state index is 0.00367. The van der Waals surface area contributed by atoms with E-state index in [1.165, 1.54) is 12.8 Å². The van der Waals surface area contributed by atoms with Crippen molar-refractivity contribution in [3.05, 3.63) is 30.0 Å². The Morgan fingerprint density at radius 3 is 2.47 bits per heavy atom. The van der Waals surface area contributed by atoms with E-state index in [-0.39, 0.29) is 23.9 Å². The Morgan fingerprint density at radius 1 is 1.06 bits per heavy atom. The SMILES string of the molecule is C[C@H]1CC[C@@H](Nc2ncc3cc(C(=O)N4C5CCCC4CC(C(=O)O)C5)ccc3n2)CC1. The van der Waals surface area contributed by atoms with Crippen LogP contribution >= 0.6 is 0 Å². The summed E-state index contributed by atoms with van der Waals surface area (Å²) in [5.74, 6) is 0.392. The third-order valence-electron chi connectivity index (χ3n) is 7.73. The van der Waals surface area contributed by atoms with E-state index >= 15 is 0 Å². The van der Waals surface area contributed by atoms with Crippen molar-refractivity contribution < 1.29 is 14.7 Å². The lowest BCUT2D eigenvalue weighted by Gasteiger charge is -2.48. The second-order valence-corrected chi connectivity index (χ2v) is 10.0. The number of carbonyl (C=O) groups excluding carboxylic acids is 1. The van der Waals surface area contributed by atoms with Crippen molar-refractivity contribution in [2.24, 2.45) is 11.8 Å².